The predicted molar refractivity (Wildman–Crippen MR) is 85.3 cm³/mol. The van der Waals surface area contributed by atoms with Crippen molar-refractivity contribution in [2.45, 2.75) is 46.3 Å². The van der Waals surface area contributed by atoms with E-state index in [2.05, 4.69) is 32.1 Å². The molecule has 1 N–H and O–H groups in total. The number of carbonyl (C=O) groups is 1. The summed E-state index contributed by atoms with van der Waals surface area (Å²) in [7, 11) is 0. The third kappa shape index (κ3) is 5.06. The van der Waals surface area contributed by atoms with Crippen molar-refractivity contribution in [2.75, 3.05) is 32.7 Å². The van der Waals surface area contributed by atoms with Gasteiger partial charge in [-0.1, -0.05) is 0 Å². The molecule has 2 rings (SSSR count). The van der Waals surface area contributed by atoms with Gasteiger partial charge in [-0.15, -0.1) is 0 Å². The Morgan fingerprint density at radius 1 is 1.23 bits per heavy atom. The number of aromatic nitrogens is 3. The average molecular weight is 308 g/mol. The highest BCUT2D eigenvalue weighted by Gasteiger charge is 2.22. The molecule has 0 saturated carbocycles. The normalized spacial score (nSPS) is 17.6. The van der Waals surface area contributed by atoms with Gasteiger partial charge < -0.3 is 5.32 Å². The average Bonchev–Trinajstić information content (AvgIpc) is 2.86. The van der Waals surface area contributed by atoms with Crippen LogP contribution in [0.4, 0.5) is 0 Å². The summed E-state index contributed by atoms with van der Waals surface area (Å²) in [6, 6.07) is 0. The molecule has 1 aliphatic rings. The molecule has 7 heteroatoms. The van der Waals surface area contributed by atoms with Crippen molar-refractivity contribution >= 4 is 5.91 Å². The van der Waals surface area contributed by atoms with Crippen molar-refractivity contribution in [3.05, 3.63) is 12.2 Å². The molecular weight excluding hydrogens is 280 g/mol. The lowest BCUT2D eigenvalue weighted by molar-refractivity contribution is -0.124. The van der Waals surface area contributed by atoms with Crippen molar-refractivity contribution in [1.82, 2.24) is 29.9 Å². The van der Waals surface area contributed by atoms with E-state index < -0.39 is 0 Å². The molecule has 1 fully saturated rings. The summed E-state index contributed by atoms with van der Waals surface area (Å²) in [4.78, 5) is 20.9. The van der Waals surface area contributed by atoms with Crippen LogP contribution in [-0.2, 0) is 17.9 Å². The minimum atomic E-state index is -0.164. The Morgan fingerprint density at radius 2 is 1.86 bits per heavy atom. The lowest BCUT2D eigenvalue weighted by atomic mass is 10.1. The molecule has 0 spiro atoms. The van der Waals surface area contributed by atoms with Gasteiger partial charge in [-0.3, -0.25) is 14.6 Å². The third-order valence-corrected chi connectivity index (χ3v) is 3.71. The van der Waals surface area contributed by atoms with Crippen molar-refractivity contribution < 1.29 is 4.79 Å². The van der Waals surface area contributed by atoms with Crippen LogP contribution in [-0.4, -0.2) is 68.7 Å². The van der Waals surface area contributed by atoms with Gasteiger partial charge in [0.05, 0.1) is 13.1 Å². The monoisotopic (exact) mass is 308 g/mol. The molecule has 1 amide bonds. The number of carbonyl (C=O) groups excluding carboxylic acids is 1. The maximum Gasteiger partial charge on any atom is 0.234 e. The predicted octanol–water partition coefficient (Wildman–Crippen LogP) is 0.330. The highest BCUT2D eigenvalue weighted by atomic mass is 16.2. The molecule has 0 aliphatic carbocycles. The number of hydrogen-bond acceptors (Lipinski definition) is 5. The Morgan fingerprint density at radius 3 is 2.45 bits per heavy atom. The van der Waals surface area contributed by atoms with E-state index in [1.54, 1.807) is 6.33 Å². The van der Waals surface area contributed by atoms with Gasteiger partial charge in [0, 0.05) is 38.3 Å². The molecular formula is C15H28N6O. The molecule has 124 valence electrons. The van der Waals surface area contributed by atoms with Gasteiger partial charge in [0.25, 0.3) is 0 Å². The number of hydrogen-bond donors (Lipinski definition) is 1. The first-order chi connectivity index (χ1) is 10.4. The Kier molecular flexibility index (Phi) is 5.52. The van der Waals surface area contributed by atoms with Crippen molar-refractivity contribution in [3.8, 4) is 0 Å². The van der Waals surface area contributed by atoms with Gasteiger partial charge in [-0.2, -0.15) is 5.10 Å². The second-order valence-corrected chi connectivity index (χ2v) is 6.84. The first-order valence-corrected chi connectivity index (χ1v) is 8.00. The van der Waals surface area contributed by atoms with Crippen LogP contribution in [0.15, 0.2) is 6.33 Å². The Hall–Kier alpha value is -1.47. The Labute approximate surface area is 132 Å². The minimum Gasteiger partial charge on any atom is -0.350 e. The number of nitrogens with zero attached hydrogens (tertiary/aromatic N) is 5. The van der Waals surface area contributed by atoms with Crippen molar-refractivity contribution in [3.63, 3.8) is 0 Å². The second-order valence-electron chi connectivity index (χ2n) is 6.84. The van der Waals surface area contributed by atoms with E-state index in [1.807, 2.05) is 25.5 Å². The molecule has 0 bridgehead atoms. The molecule has 7 nitrogen and oxygen atoms in total. The van der Waals surface area contributed by atoms with Gasteiger partial charge in [0.1, 0.15) is 12.2 Å². The molecule has 1 aromatic heterocycles. The lowest BCUT2D eigenvalue weighted by Crippen LogP contribution is -2.51. The second kappa shape index (κ2) is 7.19. The fourth-order valence-corrected chi connectivity index (χ4v) is 2.64. The fourth-order valence-electron chi connectivity index (χ4n) is 2.64. The first kappa shape index (κ1) is 16.9. The SMILES string of the molecule is CCn1ncnc1CN1CCN(CC(=O)NC(C)(C)C)CC1. The molecule has 0 atom stereocenters. The number of nitrogens with one attached hydrogen (secondary N) is 1. The zero-order valence-corrected chi connectivity index (χ0v) is 14.2. The summed E-state index contributed by atoms with van der Waals surface area (Å²) >= 11 is 0. The first-order valence-electron chi connectivity index (χ1n) is 8.00. The van der Waals surface area contributed by atoms with Crippen LogP contribution in [0, 0.1) is 0 Å². The van der Waals surface area contributed by atoms with Crippen LogP contribution in [0.25, 0.3) is 0 Å². The highest BCUT2D eigenvalue weighted by molar-refractivity contribution is 5.78. The molecule has 2 heterocycles. The highest BCUT2D eigenvalue weighted by Crippen LogP contribution is 2.07. The topological polar surface area (TPSA) is 66.3 Å². The van der Waals surface area contributed by atoms with Crippen LogP contribution in [0.5, 0.6) is 0 Å². The lowest BCUT2D eigenvalue weighted by Gasteiger charge is -2.34. The number of piperazine rings is 1. The molecule has 1 aliphatic heterocycles. The maximum atomic E-state index is 12.0. The molecule has 22 heavy (non-hydrogen) atoms. The van der Waals surface area contributed by atoms with E-state index >= 15 is 0 Å². The van der Waals surface area contributed by atoms with Gasteiger partial charge in [0.15, 0.2) is 0 Å². The van der Waals surface area contributed by atoms with Gasteiger partial charge >= 0.3 is 0 Å². The maximum absolute atomic E-state index is 12.0. The summed E-state index contributed by atoms with van der Waals surface area (Å²) in [5.41, 5.74) is -0.164. The van der Waals surface area contributed by atoms with E-state index in [0.717, 1.165) is 45.1 Å². The molecule has 1 saturated heterocycles. The summed E-state index contributed by atoms with van der Waals surface area (Å²) < 4.78 is 1.93. The van der Waals surface area contributed by atoms with Crippen molar-refractivity contribution in [1.29, 1.82) is 0 Å². The zero-order valence-electron chi connectivity index (χ0n) is 14.2. The molecule has 0 unspecified atom stereocenters. The standard InChI is InChI=1S/C15H28N6O/c1-5-21-13(16-12-17-21)10-19-6-8-20(9-7-19)11-14(22)18-15(2,3)4/h12H,5-11H2,1-4H3,(H,18,22). The van der Waals surface area contributed by atoms with Gasteiger partial charge in [-0.05, 0) is 27.7 Å². The zero-order chi connectivity index (χ0) is 16.2. The Balaban J connectivity index is 1.75. The van der Waals surface area contributed by atoms with E-state index in [4.69, 9.17) is 0 Å². The fraction of sp³-hybridized carbons (Fsp3) is 0.800. The van der Waals surface area contributed by atoms with E-state index in [0.29, 0.717) is 6.54 Å². The molecule has 1 aromatic rings. The van der Waals surface area contributed by atoms with Crippen LogP contribution >= 0.6 is 0 Å². The number of rotatable bonds is 5. The van der Waals surface area contributed by atoms with Gasteiger partial charge in [0.2, 0.25) is 5.91 Å². The largest absolute Gasteiger partial charge is 0.350 e. The third-order valence-electron chi connectivity index (χ3n) is 3.71. The quantitative estimate of drug-likeness (QED) is 0.849. The summed E-state index contributed by atoms with van der Waals surface area (Å²) in [5, 5.41) is 7.22. The van der Waals surface area contributed by atoms with Crippen LogP contribution in [0.1, 0.15) is 33.5 Å². The molecule has 0 radical (unpaired) electrons. The summed E-state index contributed by atoms with van der Waals surface area (Å²) in [6.45, 7) is 14.0. The molecule has 0 aromatic carbocycles. The summed E-state index contributed by atoms with van der Waals surface area (Å²) in [6.07, 6.45) is 1.62. The van der Waals surface area contributed by atoms with Crippen LogP contribution < -0.4 is 5.32 Å². The van der Waals surface area contributed by atoms with Crippen LogP contribution in [0.2, 0.25) is 0 Å². The van der Waals surface area contributed by atoms with Gasteiger partial charge in [-0.25, -0.2) is 9.67 Å². The minimum absolute atomic E-state index is 0.103. The Bertz CT molecular complexity index is 484. The van der Waals surface area contributed by atoms with E-state index in [9.17, 15) is 4.79 Å². The summed E-state index contributed by atoms with van der Waals surface area (Å²) in [5.74, 6) is 1.12. The number of aryl methyl sites for hydroxylation is 1. The van der Waals surface area contributed by atoms with Crippen LogP contribution in [0.3, 0.4) is 0 Å². The smallest absolute Gasteiger partial charge is 0.234 e. The van der Waals surface area contributed by atoms with E-state index in [1.165, 1.54) is 0 Å². The number of amides is 1. The van der Waals surface area contributed by atoms with Crippen molar-refractivity contribution in [2.24, 2.45) is 0 Å². The van der Waals surface area contributed by atoms with E-state index in [-0.39, 0.29) is 11.4 Å².